The first-order valence-electron chi connectivity index (χ1n) is 17.5. The van der Waals surface area contributed by atoms with Gasteiger partial charge in [-0.25, -0.2) is 19.9 Å². The number of fused-ring (bicyclic) bond motifs is 5. The lowest BCUT2D eigenvalue weighted by Gasteiger charge is -2.11. The molecule has 7 aromatic carbocycles. The van der Waals surface area contributed by atoms with Crippen LogP contribution in [0.3, 0.4) is 0 Å². The molecule has 0 bridgehead atoms. The topological polar surface area (TPSA) is 51.6 Å². The molecule has 3 aromatic heterocycles. The van der Waals surface area contributed by atoms with E-state index in [2.05, 4.69) is 121 Å². The highest BCUT2D eigenvalue weighted by Gasteiger charge is 2.14. The zero-order valence-corrected chi connectivity index (χ0v) is 28.1. The van der Waals surface area contributed by atoms with Crippen LogP contribution in [0, 0.1) is 0 Å². The van der Waals surface area contributed by atoms with Crippen molar-refractivity contribution in [3.8, 4) is 56.4 Å². The van der Waals surface area contributed by atoms with E-state index in [-0.39, 0.29) is 0 Å². The van der Waals surface area contributed by atoms with Crippen molar-refractivity contribution < 1.29 is 0 Å². The average molecular weight is 663 g/mol. The van der Waals surface area contributed by atoms with E-state index >= 15 is 0 Å². The molecule has 0 aliphatic heterocycles. The number of pyridine rings is 2. The van der Waals surface area contributed by atoms with Crippen molar-refractivity contribution in [2.75, 3.05) is 0 Å². The van der Waals surface area contributed by atoms with Gasteiger partial charge in [0.05, 0.1) is 33.8 Å². The average Bonchev–Trinajstić information content (AvgIpc) is 3.23. The van der Waals surface area contributed by atoms with Crippen LogP contribution in [0.1, 0.15) is 0 Å². The maximum Gasteiger partial charge on any atom is 0.160 e. The molecule has 10 rings (SSSR count). The number of hydrogen-bond acceptors (Lipinski definition) is 4. The Labute approximate surface area is 300 Å². The summed E-state index contributed by atoms with van der Waals surface area (Å²) in [7, 11) is 0. The number of aromatic nitrogens is 4. The highest BCUT2D eigenvalue weighted by atomic mass is 14.9. The number of nitrogens with zero attached hydrogens (tertiary/aromatic N) is 4. The first-order chi connectivity index (χ1) is 25.7. The van der Waals surface area contributed by atoms with Crippen molar-refractivity contribution in [1.29, 1.82) is 0 Å². The Morgan fingerprint density at radius 1 is 0.288 bits per heavy atom. The van der Waals surface area contributed by atoms with E-state index < -0.39 is 0 Å². The molecule has 0 N–H and O–H groups in total. The van der Waals surface area contributed by atoms with E-state index in [1.807, 2.05) is 60.7 Å². The van der Waals surface area contributed by atoms with Crippen LogP contribution in [0.2, 0.25) is 0 Å². The second-order valence-corrected chi connectivity index (χ2v) is 13.1. The van der Waals surface area contributed by atoms with E-state index in [0.717, 1.165) is 72.4 Å². The van der Waals surface area contributed by atoms with Gasteiger partial charge in [-0.05, 0) is 69.1 Å². The Morgan fingerprint density at radius 3 is 1.81 bits per heavy atom. The highest BCUT2D eigenvalue weighted by Crippen LogP contribution is 2.35. The summed E-state index contributed by atoms with van der Waals surface area (Å²) >= 11 is 0. The summed E-state index contributed by atoms with van der Waals surface area (Å²) in [5.41, 5.74) is 10.7. The first-order valence-corrected chi connectivity index (χ1v) is 17.5. The molecule has 4 heteroatoms. The minimum absolute atomic E-state index is 0.675. The molecule has 0 atom stereocenters. The third-order valence-corrected chi connectivity index (χ3v) is 9.85. The SMILES string of the molecule is c1ccc(-c2cc(-c3ccc4ccc(-c5ccc6nc(-c7cccc8ccc9ccccc9c78)ccc6c5)cc4n3)nc(-c3ccccc3)n2)cc1. The van der Waals surface area contributed by atoms with Crippen molar-refractivity contribution in [3.63, 3.8) is 0 Å². The molecular weight excluding hydrogens is 633 g/mol. The van der Waals surface area contributed by atoms with Gasteiger partial charge < -0.3 is 0 Å². The van der Waals surface area contributed by atoms with Gasteiger partial charge in [0.2, 0.25) is 0 Å². The Morgan fingerprint density at radius 2 is 0.923 bits per heavy atom. The highest BCUT2D eigenvalue weighted by molar-refractivity contribution is 6.14. The Bertz CT molecular complexity index is 2900. The molecule has 0 spiro atoms. The third kappa shape index (κ3) is 5.34. The molecule has 0 fully saturated rings. The van der Waals surface area contributed by atoms with Gasteiger partial charge in [-0.1, -0.05) is 146 Å². The van der Waals surface area contributed by atoms with Gasteiger partial charge in [-0.3, -0.25) is 0 Å². The smallest absolute Gasteiger partial charge is 0.160 e. The zero-order valence-electron chi connectivity index (χ0n) is 28.1. The molecule has 242 valence electrons. The fourth-order valence-corrected chi connectivity index (χ4v) is 7.22. The summed E-state index contributed by atoms with van der Waals surface area (Å²) < 4.78 is 0. The molecule has 0 amide bonds. The lowest BCUT2D eigenvalue weighted by atomic mass is 9.95. The van der Waals surface area contributed by atoms with Gasteiger partial charge in [0.1, 0.15) is 0 Å². The lowest BCUT2D eigenvalue weighted by molar-refractivity contribution is 1.17. The lowest BCUT2D eigenvalue weighted by Crippen LogP contribution is -1.97. The molecule has 0 radical (unpaired) electrons. The quantitative estimate of drug-likeness (QED) is 0.172. The van der Waals surface area contributed by atoms with Gasteiger partial charge in [0.25, 0.3) is 0 Å². The number of rotatable bonds is 5. The molecule has 0 unspecified atom stereocenters. The van der Waals surface area contributed by atoms with Crippen LogP contribution in [-0.2, 0) is 0 Å². The molecule has 10 aromatic rings. The maximum atomic E-state index is 5.17. The van der Waals surface area contributed by atoms with E-state index in [1.54, 1.807) is 0 Å². The van der Waals surface area contributed by atoms with Crippen LogP contribution < -0.4 is 0 Å². The van der Waals surface area contributed by atoms with E-state index in [1.165, 1.54) is 21.5 Å². The van der Waals surface area contributed by atoms with Crippen LogP contribution in [0.4, 0.5) is 0 Å². The molecule has 4 nitrogen and oxygen atoms in total. The molecule has 0 aliphatic rings. The molecule has 0 saturated carbocycles. The fraction of sp³-hybridized carbons (Fsp3) is 0. The standard InChI is InChI=1S/C48H30N4/c1-3-11-32(12-4-1)45-30-46(52-48(51-45)35-13-5-2-6-14-35)43-27-22-33-19-21-37(29-44(33)50-43)36-23-25-41-38(28-36)24-26-42(49-41)40-17-9-15-34-20-18-31-10-7-8-16-39(31)47(34)40/h1-30H. The Kier molecular flexibility index (Phi) is 7.10. The van der Waals surface area contributed by atoms with Crippen LogP contribution in [0.15, 0.2) is 182 Å². The molecule has 3 heterocycles. The van der Waals surface area contributed by atoms with E-state index in [0.29, 0.717) is 5.82 Å². The van der Waals surface area contributed by atoms with Gasteiger partial charge in [-0.15, -0.1) is 0 Å². The van der Waals surface area contributed by atoms with Crippen molar-refractivity contribution in [3.05, 3.63) is 182 Å². The van der Waals surface area contributed by atoms with Crippen LogP contribution >= 0.6 is 0 Å². The summed E-state index contributed by atoms with van der Waals surface area (Å²) in [4.78, 5) is 20.3. The van der Waals surface area contributed by atoms with Gasteiger partial charge in [0, 0.05) is 27.5 Å². The van der Waals surface area contributed by atoms with Crippen LogP contribution in [0.5, 0.6) is 0 Å². The minimum atomic E-state index is 0.675. The van der Waals surface area contributed by atoms with Crippen molar-refractivity contribution in [1.82, 2.24) is 19.9 Å². The van der Waals surface area contributed by atoms with Crippen molar-refractivity contribution >= 4 is 43.4 Å². The fourth-order valence-electron chi connectivity index (χ4n) is 7.22. The van der Waals surface area contributed by atoms with Crippen LogP contribution in [0.25, 0.3) is 99.8 Å². The monoisotopic (exact) mass is 662 g/mol. The van der Waals surface area contributed by atoms with Crippen molar-refractivity contribution in [2.24, 2.45) is 0 Å². The molecule has 52 heavy (non-hydrogen) atoms. The number of benzene rings is 7. The summed E-state index contributed by atoms with van der Waals surface area (Å²) in [6, 6.07) is 63.3. The Hall–Kier alpha value is -7.04. The van der Waals surface area contributed by atoms with Gasteiger partial charge in [0.15, 0.2) is 5.82 Å². The normalized spacial score (nSPS) is 11.5. The maximum absolute atomic E-state index is 5.17. The Balaban J connectivity index is 1.03. The van der Waals surface area contributed by atoms with Crippen molar-refractivity contribution in [2.45, 2.75) is 0 Å². The van der Waals surface area contributed by atoms with E-state index in [4.69, 9.17) is 19.9 Å². The first kappa shape index (κ1) is 29.8. The minimum Gasteiger partial charge on any atom is -0.248 e. The number of hydrogen-bond donors (Lipinski definition) is 0. The predicted molar refractivity (Wildman–Crippen MR) is 215 cm³/mol. The largest absolute Gasteiger partial charge is 0.248 e. The summed E-state index contributed by atoms with van der Waals surface area (Å²) in [5.74, 6) is 0.675. The van der Waals surface area contributed by atoms with Crippen LogP contribution in [-0.4, -0.2) is 19.9 Å². The summed E-state index contributed by atoms with van der Waals surface area (Å²) in [6.07, 6.45) is 0. The zero-order chi connectivity index (χ0) is 34.4. The summed E-state index contributed by atoms with van der Waals surface area (Å²) in [5, 5.41) is 7.10. The van der Waals surface area contributed by atoms with E-state index in [9.17, 15) is 0 Å². The molecule has 0 aliphatic carbocycles. The van der Waals surface area contributed by atoms with Gasteiger partial charge >= 0.3 is 0 Å². The second-order valence-electron chi connectivity index (χ2n) is 13.1. The molecule has 0 saturated heterocycles. The second kappa shape index (κ2) is 12.4. The molecular formula is C48H30N4. The summed E-state index contributed by atoms with van der Waals surface area (Å²) in [6.45, 7) is 0. The third-order valence-electron chi connectivity index (χ3n) is 9.85. The predicted octanol–water partition coefficient (Wildman–Crippen LogP) is 12.2. The van der Waals surface area contributed by atoms with Gasteiger partial charge in [-0.2, -0.15) is 0 Å².